The molecule has 2 aromatic carbocycles. The predicted octanol–water partition coefficient (Wildman–Crippen LogP) is 2.22. The van der Waals surface area contributed by atoms with E-state index in [1.807, 2.05) is 6.92 Å². The Balaban J connectivity index is 0.00000101. The molecule has 7 N–H and O–H groups in total. The minimum atomic E-state index is -5.08. The number of hydrogen-bond acceptors (Lipinski definition) is 7. The van der Waals surface area contributed by atoms with Gasteiger partial charge in [-0.15, -0.1) is 0 Å². The van der Waals surface area contributed by atoms with E-state index in [4.69, 9.17) is 30.9 Å². The van der Waals surface area contributed by atoms with Crippen molar-refractivity contribution in [2.45, 2.75) is 49.7 Å². The molecule has 1 atom stereocenters. The van der Waals surface area contributed by atoms with Gasteiger partial charge in [-0.3, -0.25) is 4.79 Å². The maximum atomic E-state index is 12.7. The molecule has 40 heavy (non-hydrogen) atoms. The lowest BCUT2D eigenvalue weighted by Gasteiger charge is -2.15. The minimum absolute atomic E-state index is 0.0187. The van der Waals surface area contributed by atoms with Gasteiger partial charge in [0.05, 0.1) is 11.5 Å². The third kappa shape index (κ3) is 13.1. The summed E-state index contributed by atoms with van der Waals surface area (Å²) >= 11 is 0. The molecule has 0 amide bonds. The maximum Gasteiger partial charge on any atom is 0.490 e. The number of ether oxygens (including phenoxy) is 1. The highest BCUT2D eigenvalue weighted by Gasteiger charge is 2.38. The first-order chi connectivity index (χ1) is 18.7. The summed E-state index contributed by atoms with van der Waals surface area (Å²) in [5.41, 5.74) is 12.0. The first-order valence-corrected chi connectivity index (χ1v) is 13.2. The Labute approximate surface area is 228 Å². The molecule has 0 saturated heterocycles. The van der Waals surface area contributed by atoms with E-state index in [0.29, 0.717) is 24.3 Å². The van der Waals surface area contributed by atoms with Crippen LogP contribution >= 0.6 is 0 Å². The number of carboxylic acids is 2. The number of rotatable bonds is 14. The van der Waals surface area contributed by atoms with Crippen LogP contribution in [0.3, 0.4) is 0 Å². The third-order valence-electron chi connectivity index (χ3n) is 4.79. The zero-order chi connectivity index (χ0) is 30.3. The van der Waals surface area contributed by atoms with Crippen LogP contribution in [0, 0.1) is 0 Å². The van der Waals surface area contributed by atoms with E-state index in [2.05, 4.69) is 9.88 Å². The number of hydrogen-bond donors (Lipinski definition) is 5. The number of guanidine groups is 1. The van der Waals surface area contributed by atoms with Crippen molar-refractivity contribution in [2.24, 2.45) is 16.6 Å². The van der Waals surface area contributed by atoms with E-state index in [0.717, 1.165) is 18.4 Å². The van der Waals surface area contributed by atoms with Crippen molar-refractivity contribution in [3.63, 3.8) is 0 Å². The number of nitrogens with one attached hydrogen (secondary N) is 1. The van der Waals surface area contributed by atoms with Gasteiger partial charge in [0.15, 0.2) is 0 Å². The van der Waals surface area contributed by atoms with Crippen molar-refractivity contribution in [1.29, 1.82) is 0 Å². The third-order valence-corrected chi connectivity index (χ3v) is 6.28. The molecule has 0 aliphatic carbocycles. The van der Waals surface area contributed by atoms with Crippen molar-refractivity contribution in [3.05, 3.63) is 59.7 Å². The molecule has 0 bridgehead atoms. The Morgan fingerprint density at radius 1 is 1.00 bits per heavy atom. The standard InChI is InChI=1S/C22H30N4O6S.C2HF3O2/c1-2-4-16-7-11-19(12-8-16)33(29,30)26-20(21(27)28)15-17-5-9-18(10-6-17)31-13-3-14-32-25-22(23)24;3-2(4,5)1(6)7/h5-12,20,26H,2-4,13-15H2,1H3,(H,27,28)(H4,23,24,25);(H,6,7)/t20-;/m0./s1. The second kappa shape index (κ2) is 16.1. The number of alkyl halides is 3. The number of halogens is 3. The number of aliphatic carboxylic acids is 2. The fourth-order valence-electron chi connectivity index (χ4n) is 2.95. The van der Waals surface area contributed by atoms with Crippen molar-refractivity contribution in [2.75, 3.05) is 13.2 Å². The number of carbonyl (C=O) groups is 2. The van der Waals surface area contributed by atoms with Crippen LogP contribution in [0.2, 0.25) is 0 Å². The lowest BCUT2D eigenvalue weighted by atomic mass is 10.1. The van der Waals surface area contributed by atoms with Crippen LogP contribution < -0.4 is 20.9 Å². The van der Waals surface area contributed by atoms with Crippen LogP contribution in [-0.4, -0.2) is 62.0 Å². The molecule has 0 saturated carbocycles. The summed E-state index contributed by atoms with van der Waals surface area (Å²) in [6.07, 6.45) is -2.75. The monoisotopic (exact) mass is 592 g/mol. The average Bonchev–Trinajstić information content (AvgIpc) is 2.86. The van der Waals surface area contributed by atoms with Crippen molar-refractivity contribution in [3.8, 4) is 5.75 Å². The molecule has 0 fully saturated rings. The van der Waals surface area contributed by atoms with Crippen LogP contribution in [0.15, 0.2) is 58.6 Å². The molecule has 0 spiro atoms. The predicted molar refractivity (Wildman–Crippen MR) is 138 cm³/mol. The number of sulfonamides is 1. The second-order valence-electron chi connectivity index (χ2n) is 8.11. The summed E-state index contributed by atoms with van der Waals surface area (Å²) in [4.78, 5) is 25.5. The Kier molecular flexibility index (Phi) is 13.7. The van der Waals surface area contributed by atoms with E-state index >= 15 is 0 Å². The van der Waals surface area contributed by atoms with Crippen molar-refractivity contribution in [1.82, 2.24) is 4.72 Å². The average molecular weight is 593 g/mol. The molecular formula is C24H31F3N4O8S. The number of nitrogens with zero attached hydrogens (tertiary/aromatic N) is 1. The number of benzene rings is 2. The maximum absolute atomic E-state index is 12.7. The van der Waals surface area contributed by atoms with Gasteiger partial charge in [-0.1, -0.05) is 37.6 Å². The topological polar surface area (TPSA) is 204 Å². The molecular weight excluding hydrogens is 561 g/mol. The summed E-state index contributed by atoms with van der Waals surface area (Å²) in [6, 6.07) is 11.9. The van der Waals surface area contributed by atoms with E-state index in [-0.39, 0.29) is 23.9 Å². The van der Waals surface area contributed by atoms with Crippen LogP contribution in [0.1, 0.15) is 30.9 Å². The first-order valence-electron chi connectivity index (χ1n) is 11.7. The lowest BCUT2D eigenvalue weighted by Crippen LogP contribution is -2.42. The fourth-order valence-corrected chi connectivity index (χ4v) is 4.14. The molecule has 0 unspecified atom stereocenters. The molecule has 0 radical (unpaired) electrons. The summed E-state index contributed by atoms with van der Waals surface area (Å²) < 4.78 is 64.9. The van der Waals surface area contributed by atoms with Crippen molar-refractivity contribution < 1.29 is 51.0 Å². The molecule has 2 aromatic rings. The summed E-state index contributed by atoms with van der Waals surface area (Å²) in [7, 11) is -3.98. The van der Waals surface area contributed by atoms with E-state index in [1.165, 1.54) is 12.1 Å². The van der Waals surface area contributed by atoms with E-state index in [1.54, 1.807) is 36.4 Å². The van der Waals surface area contributed by atoms with Gasteiger partial charge in [0.1, 0.15) is 18.4 Å². The largest absolute Gasteiger partial charge is 0.493 e. The highest BCUT2D eigenvalue weighted by atomic mass is 32.2. The normalized spacial score (nSPS) is 11.9. The number of oxime groups is 1. The molecule has 0 aliphatic rings. The number of carboxylic acid groups (broad SMARTS) is 2. The number of nitrogens with two attached hydrogens (primary N) is 2. The first kappa shape index (κ1) is 34.0. The van der Waals surface area contributed by atoms with Crippen LogP contribution in [-0.2, 0) is 37.3 Å². The molecule has 12 nitrogen and oxygen atoms in total. The Hall–Kier alpha value is -4.05. The van der Waals surface area contributed by atoms with Gasteiger partial charge in [0.2, 0.25) is 16.0 Å². The zero-order valence-electron chi connectivity index (χ0n) is 21.4. The van der Waals surface area contributed by atoms with Gasteiger partial charge >= 0.3 is 18.1 Å². The summed E-state index contributed by atoms with van der Waals surface area (Å²) in [5, 5.41) is 20.1. The van der Waals surface area contributed by atoms with Gasteiger partial charge < -0.3 is 31.3 Å². The SMILES string of the molecule is CCCc1ccc(S(=O)(=O)N[C@@H](Cc2ccc(OCCCON=C(N)N)cc2)C(=O)O)cc1.O=C(O)C(F)(F)F. The smallest absolute Gasteiger partial charge is 0.490 e. The highest BCUT2D eigenvalue weighted by Crippen LogP contribution is 2.17. The zero-order valence-corrected chi connectivity index (χ0v) is 22.2. The molecule has 0 aromatic heterocycles. The molecule has 2 rings (SSSR count). The van der Waals surface area contributed by atoms with Gasteiger partial charge in [-0.25, -0.2) is 13.2 Å². The van der Waals surface area contributed by atoms with E-state index < -0.39 is 34.2 Å². The molecule has 222 valence electrons. The highest BCUT2D eigenvalue weighted by molar-refractivity contribution is 7.89. The molecule has 0 aliphatic heterocycles. The molecule has 0 heterocycles. The summed E-state index contributed by atoms with van der Waals surface area (Å²) in [6.45, 7) is 2.69. The van der Waals surface area contributed by atoms with Crippen LogP contribution in [0.4, 0.5) is 13.2 Å². The Morgan fingerprint density at radius 2 is 1.55 bits per heavy atom. The number of aryl methyl sites for hydroxylation is 1. The van der Waals surface area contributed by atoms with Gasteiger partial charge in [0.25, 0.3) is 0 Å². The fraction of sp³-hybridized carbons (Fsp3) is 0.375. The summed E-state index contributed by atoms with van der Waals surface area (Å²) in [5.74, 6) is -3.59. The van der Waals surface area contributed by atoms with E-state index in [9.17, 15) is 31.5 Å². The van der Waals surface area contributed by atoms with Gasteiger partial charge in [0, 0.05) is 6.42 Å². The quantitative estimate of drug-likeness (QED) is 0.0936. The lowest BCUT2D eigenvalue weighted by molar-refractivity contribution is -0.192. The Morgan fingerprint density at radius 3 is 2.02 bits per heavy atom. The Bertz CT molecular complexity index is 1220. The van der Waals surface area contributed by atoms with Gasteiger partial charge in [-0.05, 0) is 53.4 Å². The van der Waals surface area contributed by atoms with Crippen LogP contribution in [0.5, 0.6) is 5.75 Å². The van der Waals surface area contributed by atoms with Gasteiger partial charge in [-0.2, -0.15) is 17.9 Å². The van der Waals surface area contributed by atoms with Crippen molar-refractivity contribution >= 4 is 27.9 Å². The second-order valence-corrected chi connectivity index (χ2v) is 9.82. The minimum Gasteiger partial charge on any atom is -0.493 e. The van der Waals surface area contributed by atoms with Crippen LogP contribution in [0.25, 0.3) is 0 Å². The molecule has 16 heteroatoms.